The number of likely N-dealkylation sites (N-methyl/N-ethyl adjacent to an activating group) is 1. The minimum atomic E-state index is 0.0830. The van der Waals surface area contributed by atoms with Crippen LogP contribution in [0.5, 0.6) is 11.5 Å². The molecule has 11 nitrogen and oxygen atoms in total. The number of likely N-dealkylation sites (tertiary alicyclic amines) is 1. The van der Waals surface area contributed by atoms with E-state index < -0.39 is 0 Å². The Morgan fingerprint density at radius 3 is 2.63 bits per heavy atom. The molecule has 0 unspecified atom stereocenters. The van der Waals surface area contributed by atoms with Gasteiger partial charge in [-0.25, -0.2) is 19.0 Å². The van der Waals surface area contributed by atoms with Crippen LogP contribution in [0.4, 0.5) is 11.5 Å². The Morgan fingerprint density at radius 2 is 1.83 bits per heavy atom. The second kappa shape index (κ2) is 11.4. The fraction of sp³-hybridized carbons (Fsp3) is 0.300. The van der Waals surface area contributed by atoms with E-state index in [1.165, 1.54) is 11.9 Å². The zero-order chi connectivity index (χ0) is 28.3. The topological polar surface area (TPSA) is 105 Å². The molecule has 0 saturated carbocycles. The van der Waals surface area contributed by atoms with Gasteiger partial charge in [-0.1, -0.05) is 6.08 Å². The van der Waals surface area contributed by atoms with E-state index in [2.05, 4.69) is 31.5 Å². The molecule has 11 heteroatoms. The minimum absolute atomic E-state index is 0.0830. The van der Waals surface area contributed by atoms with Gasteiger partial charge in [-0.2, -0.15) is 10.2 Å². The molecule has 0 spiro atoms. The standard InChI is InChI=1S/C30H33N9O2/c1-21-17-23(6-7-26(21)41-24-10-15-38-27(18-24)31-19-33-38)35-30-29-25(11-16-39(29)34-20-32-30)22-8-13-37(14-9-22)28(40)5-4-12-36(2)3/h4-7,10-11,15-20,22H,8-9,12-14H2,1-3H3,(H,32,34,35)/b5-4+. The van der Waals surface area contributed by atoms with Crippen LogP contribution in [0.15, 0.2) is 73.6 Å². The second-order valence-corrected chi connectivity index (χ2v) is 10.6. The summed E-state index contributed by atoms with van der Waals surface area (Å²) in [4.78, 5) is 25.4. The average Bonchev–Trinajstić information content (AvgIpc) is 3.62. The third-order valence-electron chi connectivity index (χ3n) is 7.38. The van der Waals surface area contributed by atoms with Gasteiger partial charge in [-0.05, 0) is 81.2 Å². The van der Waals surface area contributed by atoms with Gasteiger partial charge in [0, 0.05) is 49.9 Å². The normalized spacial score (nSPS) is 14.5. The molecule has 5 heterocycles. The SMILES string of the molecule is Cc1cc(Nc2ncnn3ccc(C4CCN(C(=O)/C=C/CN(C)C)CC4)c23)ccc1Oc1ccn2ncnc2c1. The number of nitrogens with one attached hydrogen (secondary N) is 1. The molecule has 41 heavy (non-hydrogen) atoms. The zero-order valence-electron chi connectivity index (χ0n) is 23.4. The summed E-state index contributed by atoms with van der Waals surface area (Å²) in [7, 11) is 3.98. The van der Waals surface area contributed by atoms with E-state index in [1.54, 1.807) is 16.9 Å². The van der Waals surface area contributed by atoms with Crippen molar-refractivity contribution < 1.29 is 9.53 Å². The molecule has 1 aliphatic rings. The highest BCUT2D eigenvalue weighted by Crippen LogP contribution is 2.35. The number of carbonyl (C=O) groups is 1. The number of hydrogen-bond donors (Lipinski definition) is 1. The summed E-state index contributed by atoms with van der Waals surface area (Å²) in [5.74, 6) is 2.60. The van der Waals surface area contributed by atoms with Gasteiger partial charge in [0.15, 0.2) is 11.5 Å². The first kappa shape index (κ1) is 26.5. The molecule has 1 aromatic carbocycles. The fourth-order valence-corrected chi connectivity index (χ4v) is 5.25. The first-order valence-electron chi connectivity index (χ1n) is 13.7. The number of hydrogen-bond acceptors (Lipinski definition) is 8. The Bertz CT molecular complexity index is 1710. The molecular formula is C30H33N9O2. The van der Waals surface area contributed by atoms with Gasteiger partial charge in [0.2, 0.25) is 5.91 Å². The van der Waals surface area contributed by atoms with Crippen molar-refractivity contribution in [1.29, 1.82) is 0 Å². The first-order chi connectivity index (χ1) is 19.9. The van der Waals surface area contributed by atoms with Crippen LogP contribution in [-0.2, 0) is 4.79 Å². The molecule has 0 atom stereocenters. The lowest BCUT2D eigenvalue weighted by Gasteiger charge is -2.31. The number of piperidine rings is 1. The third-order valence-corrected chi connectivity index (χ3v) is 7.38. The van der Waals surface area contributed by atoms with Crippen molar-refractivity contribution in [2.75, 3.05) is 39.0 Å². The highest BCUT2D eigenvalue weighted by Gasteiger charge is 2.26. The van der Waals surface area contributed by atoms with Gasteiger partial charge in [-0.3, -0.25) is 4.79 Å². The van der Waals surface area contributed by atoms with Crippen molar-refractivity contribution in [3.05, 3.63) is 84.7 Å². The summed E-state index contributed by atoms with van der Waals surface area (Å²) in [6.45, 7) is 4.23. The molecule has 6 rings (SSSR count). The van der Waals surface area contributed by atoms with Crippen LogP contribution in [-0.4, -0.2) is 78.6 Å². The molecule has 1 N–H and O–H groups in total. The van der Waals surface area contributed by atoms with Crippen LogP contribution in [0.25, 0.3) is 11.2 Å². The number of aryl methyl sites for hydroxylation is 1. The van der Waals surface area contributed by atoms with Crippen LogP contribution in [0.3, 0.4) is 0 Å². The molecule has 1 saturated heterocycles. The highest BCUT2D eigenvalue weighted by atomic mass is 16.5. The van der Waals surface area contributed by atoms with E-state index in [0.29, 0.717) is 11.7 Å². The maximum atomic E-state index is 12.6. The van der Waals surface area contributed by atoms with Crippen molar-refractivity contribution in [3.63, 3.8) is 0 Å². The van der Waals surface area contributed by atoms with Gasteiger partial charge in [0.25, 0.3) is 0 Å². The molecule has 5 aromatic rings. The molecular weight excluding hydrogens is 518 g/mol. The van der Waals surface area contributed by atoms with Gasteiger partial charge in [-0.15, -0.1) is 0 Å². The van der Waals surface area contributed by atoms with Crippen molar-refractivity contribution in [2.45, 2.75) is 25.7 Å². The van der Waals surface area contributed by atoms with E-state index >= 15 is 0 Å². The number of pyridine rings is 1. The summed E-state index contributed by atoms with van der Waals surface area (Å²) in [6.07, 6.45) is 12.3. The molecule has 0 bridgehead atoms. The van der Waals surface area contributed by atoms with Gasteiger partial charge in [0.1, 0.15) is 29.7 Å². The average molecular weight is 552 g/mol. The number of rotatable bonds is 8. The number of carbonyl (C=O) groups excluding carboxylic acids is 1. The number of aromatic nitrogens is 6. The summed E-state index contributed by atoms with van der Waals surface area (Å²) < 4.78 is 9.70. The van der Waals surface area contributed by atoms with Crippen LogP contribution in [0, 0.1) is 6.92 Å². The second-order valence-electron chi connectivity index (χ2n) is 10.6. The van der Waals surface area contributed by atoms with E-state index in [1.807, 2.05) is 84.1 Å². The largest absolute Gasteiger partial charge is 0.457 e. The van der Waals surface area contributed by atoms with Gasteiger partial charge in [0.05, 0.1) is 0 Å². The van der Waals surface area contributed by atoms with E-state index in [-0.39, 0.29) is 5.91 Å². The Kier molecular flexibility index (Phi) is 7.34. The third kappa shape index (κ3) is 5.75. The lowest BCUT2D eigenvalue weighted by atomic mass is 9.90. The number of ether oxygens (including phenoxy) is 1. The zero-order valence-corrected chi connectivity index (χ0v) is 23.4. The van der Waals surface area contributed by atoms with Crippen molar-refractivity contribution in [2.24, 2.45) is 0 Å². The smallest absolute Gasteiger partial charge is 0.246 e. The molecule has 0 radical (unpaired) electrons. The Morgan fingerprint density at radius 1 is 1.05 bits per heavy atom. The maximum absolute atomic E-state index is 12.6. The quantitative estimate of drug-likeness (QED) is 0.282. The van der Waals surface area contributed by atoms with E-state index in [4.69, 9.17) is 4.74 Å². The number of fused-ring (bicyclic) bond motifs is 2. The Balaban J connectivity index is 1.16. The monoisotopic (exact) mass is 551 g/mol. The fourth-order valence-electron chi connectivity index (χ4n) is 5.25. The number of amides is 1. The molecule has 1 fully saturated rings. The van der Waals surface area contributed by atoms with Crippen LogP contribution < -0.4 is 10.1 Å². The first-order valence-corrected chi connectivity index (χ1v) is 13.7. The van der Waals surface area contributed by atoms with E-state index in [9.17, 15) is 4.79 Å². The van der Waals surface area contributed by atoms with Crippen LogP contribution in [0.2, 0.25) is 0 Å². The molecule has 1 amide bonds. The Hall–Kier alpha value is -4.77. The van der Waals surface area contributed by atoms with Crippen molar-refractivity contribution in [3.8, 4) is 11.5 Å². The van der Waals surface area contributed by atoms with Crippen LogP contribution in [0.1, 0.15) is 29.9 Å². The van der Waals surface area contributed by atoms with Gasteiger partial charge < -0.3 is 19.9 Å². The molecule has 4 aromatic heterocycles. The minimum Gasteiger partial charge on any atom is -0.457 e. The maximum Gasteiger partial charge on any atom is 0.246 e. The lowest BCUT2D eigenvalue weighted by molar-refractivity contribution is -0.127. The lowest BCUT2D eigenvalue weighted by Crippen LogP contribution is -2.37. The number of nitrogens with zero attached hydrogens (tertiary/aromatic N) is 8. The van der Waals surface area contributed by atoms with Crippen LogP contribution >= 0.6 is 0 Å². The van der Waals surface area contributed by atoms with Crippen molar-refractivity contribution in [1.82, 2.24) is 39.0 Å². The highest BCUT2D eigenvalue weighted by molar-refractivity contribution is 5.87. The van der Waals surface area contributed by atoms with E-state index in [0.717, 1.165) is 66.5 Å². The molecule has 1 aliphatic heterocycles. The summed E-state index contributed by atoms with van der Waals surface area (Å²) in [5.41, 5.74) is 4.77. The Labute approximate surface area is 238 Å². The summed E-state index contributed by atoms with van der Waals surface area (Å²) in [6, 6.07) is 11.8. The number of benzene rings is 1. The molecule has 0 aliphatic carbocycles. The number of anilines is 2. The van der Waals surface area contributed by atoms with Gasteiger partial charge >= 0.3 is 0 Å². The molecule has 210 valence electrons. The summed E-state index contributed by atoms with van der Waals surface area (Å²) >= 11 is 0. The predicted molar refractivity (Wildman–Crippen MR) is 157 cm³/mol. The van der Waals surface area contributed by atoms with Crippen molar-refractivity contribution >= 4 is 28.6 Å². The summed E-state index contributed by atoms with van der Waals surface area (Å²) in [5, 5.41) is 12.1. The predicted octanol–water partition coefficient (Wildman–Crippen LogP) is 4.44.